The SMILES string of the molecule is Cc1c(C)c2c(c(C)c1OCc1cn(-c3cnc4ccccc4c3)nn1)CC[C@@](C)(CCC[C@H](C)CCC[C@H](C)CCCC(C)C)O2. The van der Waals surface area contributed by atoms with Gasteiger partial charge in [-0.25, -0.2) is 4.68 Å². The van der Waals surface area contributed by atoms with E-state index in [2.05, 4.69) is 82.8 Å². The zero-order valence-corrected chi connectivity index (χ0v) is 30.4. The van der Waals surface area contributed by atoms with Gasteiger partial charge in [-0.15, -0.1) is 5.10 Å². The summed E-state index contributed by atoms with van der Waals surface area (Å²) in [7, 11) is 0. The highest BCUT2D eigenvalue weighted by Crippen LogP contribution is 2.45. The van der Waals surface area contributed by atoms with Crippen LogP contribution in [0.2, 0.25) is 0 Å². The summed E-state index contributed by atoms with van der Waals surface area (Å²) in [5.74, 6) is 4.51. The fourth-order valence-electron chi connectivity index (χ4n) is 7.30. The highest BCUT2D eigenvalue weighted by atomic mass is 16.5. The average molecular weight is 639 g/mol. The van der Waals surface area contributed by atoms with Gasteiger partial charge >= 0.3 is 0 Å². The summed E-state index contributed by atoms with van der Waals surface area (Å²) in [5, 5.41) is 9.82. The first kappa shape index (κ1) is 34.9. The van der Waals surface area contributed by atoms with Crippen molar-refractivity contribution in [2.24, 2.45) is 17.8 Å². The van der Waals surface area contributed by atoms with E-state index in [0.717, 1.165) is 76.4 Å². The van der Waals surface area contributed by atoms with Crippen LogP contribution in [-0.4, -0.2) is 25.6 Å². The van der Waals surface area contributed by atoms with E-state index in [-0.39, 0.29) is 5.60 Å². The predicted molar refractivity (Wildman–Crippen MR) is 194 cm³/mol. The summed E-state index contributed by atoms with van der Waals surface area (Å²) < 4.78 is 15.1. The largest absolute Gasteiger partial charge is 0.487 e. The van der Waals surface area contributed by atoms with Crippen LogP contribution < -0.4 is 9.47 Å². The highest BCUT2D eigenvalue weighted by Gasteiger charge is 2.34. The van der Waals surface area contributed by atoms with Crippen molar-refractivity contribution in [1.29, 1.82) is 0 Å². The van der Waals surface area contributed by atoms with E-state index in [1.54, 1.807) is 4.68 Å². The number of ether oxygens (including phenoxy) is 2. The van der Waals surface area contributed by atoms with Gasteiger partial charge in [-0.3, -0.25) is 4.98 Å². The second-order valence-electron chi connectivity index (χ2n) is 15.3. The van der Waals surface area contributed by atoms with Gasteiger partial charge in [-0.05, 0) is 100.0 Å². The molecule has 0 N–H and O–H groups in total. The smallest absolute Gasteiger partial charge is 0.134 e. The summed E-state index contributed by atoms with van der Waals surface area (Å²) in [6, 6.07) is 10.2. The first-order chi connectivity index (χ1) is 22.5. The molecule has 47 heavy (non-hydrogen) atoms. The molecule has 6 heteroatoms. The molecule has 254 valence electrons. The van der Waals surface area contributed by atoms with Gasteiger partial charge in [-0.1, -0.05) is 96.1 Å². The van der Waals surface area contributed by atoms with Crippen molar-refractivity contribution in [3.8, 4) is 17.2 Å². The van der Waals surface area contributed by atoms with Crippen LogP contribution in [0.5, 0.6) is 11.5 Å². The zero-order valence-electron chi connectivity index (χ0n) is 30.4. The molecule has 0 saturated heterocycles. The van der Waals surface area contributed by atoms with Crippen LogP contribution in [0.15, 0.2) is 42.7 Å². The molecule has 1 aliphatic rings. The molecule has 2 aromatic heterocycles. The molecule has 0 amide bonds. The van der Waals surface area contributed by atoms with Crippen LogP contribution in [0.1, 0.15) is 127 Å². The number of fused-ring (bicyclic) bond motifs is 2. The second-order valence-corrected chi connectivity index (χ2v) is 15.3. The van der Waals surface area contributed by atoms with E-state index in [1.807, 2.05) is 30.6 Å². The number of nitrogens with zero attached hydrogens (tertiary/aromatic N) is 4. The maximum atomic E-state index is 6.87. The zero-order chi connectivity index (χ0) is 33.6. The van der Waals surface area contributed by atoms with Crippen molar-refractivity contribution >= 4 is 10.9 Å². The van der Waals surface area contributed by atoms with Crippen molar-refractivity contribution in [2.75, 3.05) is 0 Å². The van der Waals surface area contributed by atoms with E-state index in [4.69, 9.17) is 9.47 Å². The molecular formula is C41H58N4O2. The fraction of sp³-hybridized carbons (Fsp3) is 0.585. The Morgan fingerprint density at radius 2 is 1.60 bits per heavy atom. The maximum absolute atomic E-state index is 6.87. The Kier molecular flexibility index (Phi) is 11.6. The van der Waals surface area contributed by atoms with Gasteiger partial charge in [0, 0.05) is 10.9 Å². The fourth-order valence-corrected chi connectivity index (χ4v) is 7.30. The normalized spacial score (nSPS) is 17.5. The Balaban J connectivity index is 1.13. The molecule has 0 unspecified atom stereocenters. The van der Waals surface area contributed by atoms with Crippen molar-refractivity contribution in [3.63, 3.8) is 0 Å². The molecule has 1 aliphatic heterocycles. The lowest BCUT2D eigenvalue weighted by molar-refractivity contribution is 0.0511. The van der Waals surface area contributed by atoms with Crippen LogP contribution in [0.4, 0.5) is 0 Å². The lowest BCUT2D eigenvalue weighted by Gasteiger charge is -2.38. The maximum Gasteiger partial charge on any atom is 0.134 e. The first-order valence-electron chi connectivity index (χ1n) is 18.2. The summed E-state index contributed by atoms with van der Waals surface area (Å²) in [6.45, 7) is 18.8. The molecule has 5 rings (SSSR count). The molecule has 0 spiro atoms. The molecular weight excluding hydrogens is 580 g/mol. The van der Waals surface area contributed by atoms with Crippen LogP contribution in [0.25, 0.3) is 16.6 Å². The van der Waals surface area contributed by atoms with E-state index in [1.165, 1.54) is 68.1 Å². The van der Waals surface area contributed by atoms with Gasteiger partial charge < -0.3 is 9.47 Å². The molecule has 0 fully saturated rings. The van der Waals surface area contributed by atoms with E-state index in [9.17, 15) is 0 Å². The van der Waals surface area contributed by atoms with Crippen molar-refractivity contribution in [2.45, 2.75) is 138 Å². The summed E-state index contributed by atoms with van der Waals surface area (Å²) in [6.07, 6.45) is 17.7. The quantitative estimate of drug-likeness (QED) is 0.122. The molecule has 6 nitrogen and oxygen atoms in total. The Bertz CT molecular complexity index is 1630. The summed E-state index contributed by atoms with van der Waals surface area (Å²) in [4.78, 5) is 4.56. The lowest BCUT2D eigenvalue weighted by atomic mass is 9.83. The lowest BCUT2D eigenvalue weighted by Crippen LogP contribution is -2.37. The Morgan fingerprint density at radius 3 is 2.34 bits per heavy atom. The van der Waals surface area contributed by atoms with Crippen LogP contribution in [0, 0.1) is 38.5 Å². The summed E-state index contributed by atoms with van der Waals surface area (Å²) >= 11 is 0. The molecule has 0 aliphatic carbocycles. The highest BCUT2D eigenvalue weighted by molar-refractivity contribution is 5.80. The Morgan fingerprint density at radius 1 is 0.894 bits per heavy atom. The Labute approximate surface area is 283 Å². The van der Waals surface area contributed by atoms with E-state index >= 15 is 0 Å². The number of aromatic nitrogens is 4. The van der Waals surface area contributed by atoms with Crippen molar-refractivity contribution in [1.82, 2.24) is 20.0 Å². The van der Waals surface area contributed by atoms with E-state index < -0.39 is 0 Å². The van der Waals surface area contributed by atoms with Crippen molar-refractivity contribution < 1.29 is 9.47 Å². The second kappa shape index (κ2) is 15.7. The van der Waals surface area contributed by atoms with Gasteiger partial charge in [0.15, 0.2) is 0 Å². The molecule has 0 saturated carbocycles. The summed E-state index contributed by atoms with van der Waals surface area (Å²) in [5.41, 5.74) is 7.32. The minimum Gasteiger partial charge on any atom is -0.487 e. The average Bonchev–Trinajstić information content (AvgIpc) is 3.52. The van der Waals surface area contributed by atoms with Crippen LogP contribution >= 0.6 is 0 Å². The van der Waals surface area contributed by atoms with Crippen LogP contribution in [0.3, 0.4) is 0 Å². The minimum atomic E-state index is -0.111. The third kappa shape index (κ3) is 8.94. The molecule has 3 atom stereocenters. The first-order valence-corrected chi connectivity index (χ1v) is 18.2. The number of para-hydroxylation sites is 1. The standard InChI is InChI=1S/C41H58N4O2/c1-28(2)14-11-15-29(3)16-12-17-30(4)18-13-22-41(8)23-21-37-33(7)39(31(5)32(6)40(37)47-41)46-27-35-26-45(44-43-35)36-24-34-19-9-10-20-38(34)42-25-36/h9-10,19-20,24-26,28-30H,11-18,21-23,27H2,1-8H3/t29-,30-,41-/m1/s1. The molecule has 0 radical (unpaired) electrons. The topological polar surface area (TPSA) is 62.1 Å². The van der Waals surface area contributed by atoms with Gasteiger partial charge in [0.05, 0.1) is 23.6 Å². The van der Waals surface area contributed by atoms with Crippen molar-refractivity contribution in [3.05, 3.63) is 70.7 Å². The van der Waals surface area contributed by atoms with Gasteiger partial charge in [0.1, 0.15) is 29.4 Å². The third-order valence-electron chi connectivity index (χ3n) is 10.6. The number of hydrogen-bond acceptors (Lipinski definition) is 5. The number of pyridine rings is 1. The molecule has 2 aromatic carbocycles. The Hall–Kier alpha value is -3.41. The van der Waals surface area contributed by atoms with Crippen LogP contribution in [-0.2, 0) is 13.0 Å². The molecule has 0 bridgehead atoms. The molecule has 4 aromatic rings. The number of benzene rings is 2. The third-order valence-corrected chi connectivity index (χ3v) is 10.6. The number of hydrogen-bond donors (Lipinski definition) is 0. The predicted octanol–water partition coefficient (Wildman–Crippen LogP) is 10.8. The van der Waals surface area contributed by atoms with E-state index in [0.29, 0.717) is 6.61 Å². The number of rotatable bonds is 16. The monoisotopic (exact) mass is 638 g/mol. The van der Waals surface area contributed by atoms with Gasteiger partial charge in [-0.2, -0.15) is 0 Å². The minimum absolute atomic E-state index is 0.111. The van der Waals surface area contributed by atoms with Gasteiger partial charge in [0.2, 0.25) is 0 Å². The molecule has 3 heterocycles. The van der Waals surface area contributed by atoms with Gasteiger partial charge in [0.25, 0.3) is 0 Å².